The lowest BCUT2D eigenvalue weighted by molar-refractivity contribution is -0.122. The number of urea groups is 1. The molecule has 0 saturated carbocycles. The number of amides is 5. The molecule has 176 valence electrons. The Hall–Kier alpha value is -4.43. The zero-order valence-corrected chi connectivity index (χ0v) is 19.3. The van der Waals surface area contributed by atoms with Gasteiger partial charge >= 0.3 is 6.03 Å². The van der Waals surface area contributed by atoms with Crippen LogP contribution in [0, 0.1) is 6.92 Å². The normalized spacial score (nSPS) is 14.6. The molecule has 0 bridgehead atoms. The quantitative estimate of drug-likeness (QED) is 0.396. The van der Waals surface area contributed by atoms with Gasteiger partial charge in [0.2, 0.25) is 0 Å². The number of carbonyl (C=O) groups is 4. The molecule has 0 spiro atoms. The van der Waals surface area contributed by atoms with E-state index in [9.17, 15) is 19.2 Å². The predicted octanol–water partition coefficient (Wildman–Crippen LogP) is 4.33. The first-order valence-electron chi connectivity index (χ1n) is 10.6. The van der Waals surface area contributed by atoms with Crippen LogP contribution in [-0.2, 0) is 14.4 Å². The molecule has 0 radical (unpaired) electrons. The molecule has 4 rings (SSSR count). The highest BCUT2D eigenvalue weighted by molar-refractivity contribution is 6.42. The lowest BCUT2D eigenvalue weighted by Gasteiger charge is -2.27. The predicted molar refractivity (Wildman–Crippen MR) is 132 cm³/mol. The number of halogens is 1. The largest absolute Gasteiger partial charge is 0.483 e. The number of hydrogen-bond acceptors (Lipinski definition) is 5. The molecule has 0 aromatic heterocycles. The Kier molecular flexibility index (Phi) is 6.93. The standard InChI is InChI=1S/C26H20ClN3O5/c1-16-7-6-9-18(13-16)28-23(31)15-35-22-12-5-2-8-17(22)14-19-24(32)29-26(34)30(25(19)33)21-11-4-3-10-20(21)27/h2-14H,15H2,1H3,(H,28,31)(H,29,32,34)/b19-14+. The molecule has 1 aliphatic rings. The van der Waals surface area contributed by atoms with Gasteiger partial charge in [-0.05, 0) is 48.9 Å². The van der Waals surface area contributed by atoms with Gasteiger partial charge in [0.1, 0.15) is 11.3 Å². The van der Waals surface area contributed by atoms with Crippen molar-refractivity contribution >= 4 is 52.8 Å². The van der Waals surface area contributed by atoms with Gasteiger partial charge in [0.25, 0.3) is 17.7 Å². The summed E-state index contributed by atoms with van der Waals surface area (Å²) in [5.74, 6) is -1.78. The second-order valence-corrected chi connectivity index (χ2v) is 8.06. The highest BCUT2D eigenvalue weighted by Gasteiger charge is 2.37. The van der Waals surface area contributed by atoms with Gasteiger partial charge in [0.05, 0.1) is 10.7 Å². The Morgan fingerprint density at radius 3 is 2.54 bits per heavy atom. The SMILES string of the molecule is Cc1cccc(NC(=O)COc2ccccc2/C=C2\C(=O)NC(=O)N(c3ccccc3Cl)C2=O)c1. The fourth-order valence-electron chi connectivity index (χ4n) is 3.46. The number of barbiturate groups is 1. The van der Waals surface area contributed by atoms with E-state index >= 15 is 0 Å². The number of anilines is 2. The number of aryl methyl sites for hydroxylation is 1. The third kappa shape index (κ3) is 5.39. The number of ether oxygens (including phenoxy) is 1. The molecule has 1 aliphatic heterocycles. The van der Waals surface area contributed by atoms with Crippen LogP contribution in [0.2, 0.25) is 5.02 Å². The van der Waals surface area contributed by atoms with E-state index in [-0.39, 0.29) is 34.5 Å². The third-order valence-corrected chi connectivity index (χ3v) is 5.39. The summed E-state index contributed by atoms with van der Waals surface area (Å²) in [6.07, 6.45) is 1.31. The number of nitrogens with zero attached hydrogens (tertiary/aromatic N) is 1. The summed E-state index contributed by atoms with van der Waals surface area (Å²) in [6.45, 7) is 1.62. The monoisotopic (exact) mass is 489 g/mol. The molecule has 3 aromatic rings. The van der Waals surface area contributed by atoms with Crippen LogP contribution in [-0.4, -0.2) is 30.4 Å². The average molecular weight is 490 g/mol. The zero-order valence-electron chi connectivity index (χ0n) is 18.6. The molecule has 8 nitrogen and oxygen atoms in total. The maximum absolute atomic E-state index is 13.1. The van der Waals surface area contributed by atoms with Crippen molar-refractivity contribution in [2.75, 3.05) is 16.8 Å². The van der Waals surface area contributed by atoms with Crippen LogP contribution < -0.4 is 20.3 Å². The molecule has 0 atom stereocenters. The topological polar surface area (TPSA) is 105 Å². The van der Waals surface area contributed by atoms with Crippen LogP contribution in [0.15, 0.2) is 78.4 Å². The molecule has 1 heterocycles. The van der Waals surface area contributed by atoms with Crippen molar-refractivity contribution in [2.24, 2.45) is 0 Å². The molecule has 5 amide bonds. The molecule has 9 heteroatoms. The van der Waals surface area contributed by atoms with E-state index in [1.165, 1.54) is 18.2 Å². The molecular weight excluding hydrogens is 470 g/mol. The fourth-order valence-corrected chi connectivity index (χ4v) is 3.68. The number of rotatable bonds is 6. The van der Waals surface area contributed by atoms with Gasteiger partial charge < -0.3 is 10.1 Å². The van der Waals surface area contributed by atoms with Crippen molar-refractivity contribution in [1.29, 1.82) is 0 Å². The van der Waals surface area contributed by atoms with Gasteiger partial charge in [-0.15, -0.1) is 0 Å². The van der Waals surface area contributed by atoms with Gasteiger partial charge in [-0.3, -0.25) is 19.7 Å². The summed E-state index contributed by atoms with van der Waals surface area (Å²) in [4.78, 5) is 51.2. The Balaban J connectivity index is 1.56. The van der Waals surface area contributed by atoms with Crippen LogP contribution in [0.4, 0.5) is 16.2 Å². The minimum Gasteiger partial charge on any atom is -0.483 e. The Bertz CT molecular complexity index is 1370. The van der Waals surface area contributed by atoms with Crippen LogP contribution in [0.1, 0.15) is 11.1 Å². The first-order valence-corrected chi connectivity index (χ1v) is 11.0. The van der Waals surface area contributed by atoms with Gasteiger partial charge in [-0.25, -0.2) is 9.69 Å². The molecule has 35 heavy (non-hydrogen) atoms. The van der Waals surface area contributed by atoms with E-state index in [0.29, 0.717) is 11.3 Å². The molecule has 1 fully saturated rings. The lowest BCUT2D eigenvalue weighted by atomic mass is 10.1. The summed E-state index contributed by atoms with van der Waals surface area (Å²) in [7, 11) is 0. The highest BCUT2D eigenvalue weighted by atomic mass is 35.5. The molecule has 0 aliphatic carbocycles. The second kappa shape index (κ2) is 10.2. The van der Waals surface area contributed by atoms with E-state index < -0.39 is 17.8 Å². The summed E-state index contributed by atoms with van der Waals surface area (Å²) < 4.78 is 5.66. The van der Waals surface area contributed by atoms with Gasteiger partial charge in [-0.2, -0.15) is 0 Å². The Labute approximate surface area is 206 Å². The summed E-state index contributed by atoms with van der Waals surface area (Å²) in [5.41, 5.74) is 1.88. The van der Waals surface area contributed by atoms with E-state index in [4.69, 9.17) is 16.3 Å². The van der Waals surface area contributed by atoms with Gasteiger partial charge in [0.15, 0.2) is 6.61 Å². The van der Waals surface area contributed by atoms with Gasteiger partial charge in [0, 0.05) is 11.3 Å². The molecule has 2 N–H and O–H groups in total. The van der Waals surface area contributed by atoms with Crippen molar-refractivity contribution in [1.82, 2.24) is 5.32 Å². The zero-order chi connectivity index (χ0) is 24.9. The van der Waals surface area contributed by atoms with Crippen LogP contribution >= 0.6 is 11.6 Å². The van der Waals surface area contributed by atoms with Crippen molar-refractivity contribution < 1.29 is 23.9 Å². The first-order chi connectivity index (χ1) is 16.8. The average Bonchev–Trinajstić information content (AvgIpc) is 2.82. The minimum absolute atomic E-state index is 0.146. The fraction of sp³-hybridized carbons (Fsp3) is 0.0769. The van der Waals surface area contributed by atoms with Crippen molar-refractivity contribution in [3.8, 4) is 5.75 Å². The highest BCUT2D eigenvalue weighted by Crippen LogP contribution is 2.29. The Morgan fingerprint density at radius 1 is 1.03 bits per heavy atom. The smallest absolute Gasteiger partial charge is 0.335 e. The number of para-hydroxylation sites is 2. The molecule has 3 aromatic carbocycles. The van der Waals surface area contributed by atoms with E-state index in [0.717, 1.165) is 10.5 Å². The van der Waals surface area contributed by atoms with Crippen LogP contribution in [0.5, 0.6) is 5.75 Å². The maximum atomic E-state index is 13.1. The van der Waals surface area contributed by atoms with E-state index in [1.807, 2.05) is 25.1 Å². The van der Waals surface area contributed by atoms with Crippen molar-refractivity contribution in [3.63, 3.8) is 0 Å². The van der Waals surface area contributed by atoms with E-state index in [1.54, 1.807) is 42.5 Å². The van der Waals surface area contributed by atoms with Crippen LogP contribution in [0.25, 0.3) is 6.08 Å². The van der Waals surface area contributed by atoms with Crippen LogP contribution in [0.3, 0.4) is 0 Å². The Morgan fingerprint density at radius 2 is 1.77 bits per heavy atom. The number of imide groups is 2. The number of carbonyl (C=O) groups excluding carboxylic acids is 4. The summed E-state index contributed by atoms with van der Waals surface area (Å²) in [6, 6.07) is 19.4. The number of nitrogens with one attached hydrogen (secondary N) is 2. The lowest BCUT2D eigenvalue weighted by Crippen LogP contribution is -2.54. The molecule has 1 saturated heterocycles. The summed E-state index contributed by atoms with van der Waals surface area (Å²) in [5, 5.41) is 5.07. The van der Waals surface area contributed by atoms with E-state index in [2.05, 4.69) is 10.6 Å². The second-order valence-electron chi connectivity index (χ2n) is 7.65. The summed E-state index contributed by atoms with van der Waals surface area (Å²) >= 11 is 6.16. The minimum atomic E-state index is -0.900. The first kappa shape index (κ1) is 23.7. The number of hydrogen-bond donors (Lipinski definition) is 2. The third-order valence-electron chi connectivity index (χ3n) is 5.07. The maximum Gasteiger partial charge on any atom is 0.335 e. The molecule has 0 unspecified atom stereocenters. The van der Waals surface area contributed by atoms with Gasteiger partial charge in [-0.1, -0.05) is 54.1 Å². The molecular formula is C26H20ClN3O5. The van der Waals surface area contributed by atoms with Crippen molar-refractivity contribution in [2.45, 2.75) is 6.92 Å². The number of benzene rings is 3. The van der Waals surface area contributed by atoms with Crippen molar-refractivity contribution in [3.05, 3.63) is 94.5 Å².